The minimum atomic E-state index is -1.46. The van der Waals surface area contributed by atoms with E-state index < -0.39 is 32.9 Å². The van der Waals surface area contributed by atoms with Gasteiger partial charge in [0.1, 0.15) is 0 Å². The van der Waals surface area contributed by atoms with Gasteiger partial charge in [0, 0.05) is 26.4 Å². The van der Waals surface area contributed by atoms with Gasteiger partial charge in [-0.05, 0) is 25.7 Å². The number of hydrogen-bond donors (Lipinski definition) is 0. The van der Waals surface area contributed by atoms with Crippen LogP contribution in [0.2, 0.25) is 72.5 Å². The van der Waals surface area contributed by atoms with Crippen molar-refractivity contribution in [2.24, 2.45) is 0 Å². The summed E-state index contributed by atoms with van der Waals surface area (Å²) in [7, 11) is -5.85. The number of hydrogen-bond acceptors (Lipinski definition) is 2. The summed E-state index contributed by atoms with van der Waals surface area (Å²) in [5, 5.41) is 1.51. The van der Waals surface area contributed by atoms with E-state index in [9.17, 15) is 0 Å². The maximum absolute atomic E-state index is 5.36. The van der Waals surface area contributed by atoms with Gasteiger partial charge in [-0.3, -0.25) is 0 Å². The predicted molar refractivity (Wildman–Crippen MR) is 196 cm³/mol. The second-order valence-corrected chi connectivity index (χ2v) is 38.4. The Labute approximate surface area is 315 Å². The molecule has 0 aromatic rings. The second-order valence-electron chi connectivity index (χ2n) is 18.1. The second kappa shape index (κ2) is 20.3. The molecule has 0 saturated carbocycles. The van der Waals surface area contributed by atoms with Crippen molar-refractivity contribution in [2.45, 2.75) is 181 Å². The molecule has 0 unspecified atom stereocenters. The third kappa shape index (κ3) is 20.2. The molecule has 2 fully saturated rings. The van der Waals surface area contributed by atoms with Crippen molar-refractivity contribution >= 4 is 32.9 Å². The molecule has 0 amide bonds. The summed E-state index contributed by atoms with van der Waals surface area (Å²) in [5.74, 6) is 0. The molecule has 0 spiro atoms. The van der Waals surface area contributed by atoms with Crippen LogP contribution in [0.3, 0.4) is 0 Å². The van der Waals surface area contributed by atoms with E-state index in [2.05, 4.69) is 135 Å². The van der Waals surface area contributed by atoms with Crippen LogP contribution in [-0.4, -0.2) is 59.4 Å². The Morgan fingerprint density at radius 1 is 0.357 bits per heavy atom. The SMILES string of the molecule is C1CCOC1.C1CCOC1.CC(C)(C)[Si](C)(C)[N-][Si](C)(C)C(C)(C)C.CC(C)(C)[Si](C)(C)[N-][Si](C)(C)C(C)(C)C.[Na+].[Na+]. The zero-order valence-electron chi connectivity index (χ0n) is 33.4. The summed E-state index contributed by atoms with van der Waals surface area (Å²) < 4.78 is 20.6. The van der Waals surface area contributed by atoms with Crippen molar-refractivity contribution in [1.82, 2.24) is 0 Å². The van der Waals surface area contributed by atoms with Crippen molar-refractivity contribution in [2.75, 3.05) is 26.4 Å². The molecule has 2 rings (SSSR count). The third-order valence-corrected chi connectivity index (χ3v) is 33.7. The van der Waals surface area contributed by atoms with Crippen LogP contribution in [0, 0.1) is 0 Å². The summed E-state index contributed by atoms with van der Waals surface area (Å²) in [6.07, 6.45) is 5.11. The topological polar surface area (TPSA) is 46.7 Å². The molecule has 0 aromatic carbocycles. The van der Waals surface area contributed by atoms with Crippen LogP contribution < -0.4 is 59.1 Å². The molecule has 0 bridgehead atoms. The van der Waals surface area contributed by atoms with Crippen molar-refractivity contribution < 1.29 is 68.6 Å². The normalized spacial score (nSPS) is 16.9. The van der Waals surface area contributed by atoms with Crippen LogP contribution in [0.25, 0.3) is 9.30 Å². The standard InChI is InChI=1S/2C12H30NSi2.2C4H8O.2Na/c2*1-11(2,3)14(7,8)13-15(9,10)12(4,5)6;2*1-2-4-5-3-1;;/h2*1-10H3;2*1-4H2;;/q2*-1;;;2*+1. The summed E-state index contributed by atoms with van der Waals surface area (Å²) in [4.78, 5) is 0. The molecule has 0 radical (unpaired) electrons. The van der Waals surface area contributed by atoms with E-state index in [-0.39, 0.29) is 59.1 Å². The Morgan fingerprint density at radius 2 is 0.500 bits per heavy atom. The van der Waals surface area contributed by atoms with Crippen molar-refractivity contribution in [1.29, 1.82) is 0 Å². The summed E-state index contributed by atoms with van der Waals surface area (Å²) >= 11 is 0. The van der Waals surface area contributed by atoms with Gasteiger partial charge in [-0.1, -0.05) is 189 Å². The molecule has 0 atom stereocenters. The first-order valence-electron chi connectivity index (χ1n) is 16.0. The minimum absolute atomic E-state index is 0. The Bertz CT molecular complexity index is 576. The van der Waals surface area contributed by atoms with Gasteiger partial charge in [-0.2, -0.15) is 0 Å². The quantitative estimate of drug-likeness (QED) is 0.326. The van der Waals surface area contributed by atoms with E-state index >= 15 is 0 Å². The molecular formula is C32H76N2Na2O2Si4. The Hall–Kier alpha value is 2.71. The van der Waals surface area contributed by atoms with Gasteiger partial charge in [-0.15, -0.1) is 0 Å². The predicted octanol–water partition coefficient (Wildman–Crippen LogP) is 6.34. The average Bonchev–Trinajstić information content (AvgIpc) is 3.43. The number of rotatable bonds is 4. The first kappa shape index (κ1) is 51.5. The van der Waals surface area contributed by atoms with Crippen LogP contribution in [-0.2, 0) is 9.47 Å². The fourth-order valence-corrected chi connectivity index (χ4v) is 19.6. The smallest absolute Gasteiger partial charge is 0.666 e. The fourth-order valence-electron chi connectivity index (χ4n) is 3.09. The molecule has 0 N–H and O–H groups in total. The first-order chi connectivity index (χ1) is 17.4. The van der Waals surface area contributed by atoms with Crippen LogP contribution >= 0.6 is 0 Å². The maximum Gasteiger partial charge on any atom is 1.00 e. The van der Waals surface area contributed by atoms with Crippen LogP contribution in [0.15, 0.2) is 0 Å². The Balaban J connectivity index is -0.000000248. The van der Waals surface area contributed by atoms with Gasteiger partial charge in [0.2, 0.25) is 0 Å². The molecule has 2 heterocycles. The average molecular weight is 679 g/mol. The van der Waals surface area contributed by atoms with E-state index in [0.29, 0.717) is 20.2 Å². The van der Waals surface area contributed by atoms with E-state index in [1.54, 1.807) is 0 Å². The zero-order chi connectivity index (χ0) is 32.5. The molecule has 0 aliphatic carbocycles. The molecule has 244 valence electrons. The van der Waals surface area contributed by atoms with E-state index in [4.69, 9.17) is 18.8 Å². The van der Waals surface area contributed by atoms with Crippen LogP contribution in [0.1, 0.15) is 109 Å². The molecule has 2 saturated heterocycles. The fraction of sp³-hybridized carbons (Fsp3) is 1.00. The molecule has 2 aliphatic rings. The van der Waals surface area contributed by atoms with Gasteiger partial charge >= 0.3 is 59.1 Å². The van der Waals surface area contributed by atoms with E-state index in [1.165, 1.54) is 25.7 Å². The van der Waals surface area contributed by atoms with Crippen molar-refractivity contribution in [3.05, 3.63) is 9.30 Å². The van der Waals surface area contributed by atoms with Crippen molar-refractivity contribution in [3.8, 4) is 0 Å². The van der Waals surface area contributed by atoms with Gasteiger partial charge in [0.05, 0.1) is 0 Å². The summed E-state index contributed by atoms with van der Waals surface area (Å²) in [6.45, 7) is 51.4. The Kier molecular flexibility index (Phi) is 24.9. The Morgan fingerprint density at radius 3 is 0.571 bits per heavy atom. The van der Waals surface area contributed by atoms with Gasteiger partial charge in [0.15, 0.2) is 0 Å². The minimum Gasteiger partial charge on any atom is -0.666 e. The van der Waals surface area contributed by atoms with Gasteiger partial charge < -0.3 is 18.8 Å². The third-order valence-electron chi connectivity index (χ3n) is 10.1. The molecule has 42 heavy (non-hydrogen) atoms. The first-order valence-corrected chi connectivity index (χ1v) is 27.8. The molecule has 2 aliphatic heterocycles. The molecule has 10 heteroatoms. The number of nitrogens with zero attached hydrogens (tertiary/aromatic N) is 2. The van der Waals surface area contributed by atoms with E-state index in [1.807, 2.05) is 0 Å². The maximum atomic E-state index is 5.36. The van der Waals surface area contributed by atoms with Crippen LogP contribution in [0.4, 0.5) is 0 Å². The van der Waals surface area contributed by atoms with Crippen molar-refractivity contribution in [3.63, 3.8) is 0 Å². The molecular weight excluding hydrogens is 603 g/mol. The molecule has 0 aromatic heterocycles. The monoisotopic (exact) mass is 678 g/mol. The van der Waals surface area contributed by atoms with Gasteiger partial charge in [0.25, 0.3) is 0 Å². The number of ether oxygens (including phenoxy) is 2. The summed E-state index contributed by atoms with van der Waals surface area (Å²) in [5.41, 5.74) is 0. The van der Waals surface area contributed by atoms with Crippen LogP contribution in [0.5, 0.6) is 0 Å². The van der Waals surface area contributed by atoms with E-state index in [0.717, 1.165) is 26.4 Å². The zero-order valence-corrected chi connectivity index (χ0v) is 41.4. The summed E-state index contributed by atoms with van der Waals surface area (Å²) in [6, 6.07) is 0. The largest absolute Gasteiger partial charge is 1.00 e. The molecule has 4 nitrogen and oxygen atoms in total. The van der Waals surface area contributed by atoms with Gasteiger partial charge in [-0.25, -0.2) is 0 Å².